The van der Waals surface area contributed by atoms with Crippen LogP contribution in [0.3, 0.4) is 0 Å². The largest absolute Gasteiger partial charge is 0.357 e. The van der Waals surface area contributed by atoms with Gasteiger partial charge in [-0.05, 0) is 47.5 Å². The maximum Gasteiger partial charge on any atom is 0.243 e. The van der Waals surface area contributed by atoms with Crippen LogP contribution in [0.2, 0.25) is 5.02 Å². The lowest BCUT2D eigenvalue weighted by atomic mass is 10.0. The molecule has 3 aromatic carbocycles. The van der Waals surface area contributed by atoms with Crippen molar-refractivity contribution >= 4 is 49.4 Å². The molecule has 0 saturated heterocycles. The smallest absolute Gasteiger partial charge is 0.243 e. The summed E-state index contributed by atoms with van der Waals surface area (Å²) in [5.41, 5.74) is 1.67. The highest BCUT2D eigenvalue weighted by Crippen LogP contribution is 2.20. The maximum absolute atomic E-state index is 13.6. The number of nitrogens with one attached hydrogen (secondary N) is 1. The number of likely N-dealkylation sites (N-methyl/N-ethyl adjacent to an activating group) is 2. The lowest BCUT2D eigenvalue weighted by Gasteiger charge is -2.32. The standard InChI is InChI=1S/C26H27BrClN3O4S/c1-29-26(33)24(16-19-7-4-3-5-8-19)31(17-20-9-6-10-21(27)15-20)25(32)18-30(2)36(34,35)23-13-11-22(28)12-14-23/h3-15,24H,16-18H2,1-2H3,(H,29,33). The number of carbonyl (C=O) groups is 2. The van der Waals surface area contributed by atoms with Crippen LogP contribution in [-0.4, -0.2) is 56.1 Å². The molecule has 1 atom stereocenters. The molecule has 0 aliphatic rings. The van der Waals surface area contributed by atoms with Gasteiger partial charge in [-0.25, -0.2) is 8.42 Å². The fourth-order valence-corrected chi connectivity index (χ4v) is 5.40. The third-order valence-electron chi connectivity index (χ3n) is 5.64. The zero-order valence-corrected chi connectivity index (χ0v) is 23.1. The lowest BCUT2D eigenvalue weighted by molar-refractivity contribution is -0.141. The van der Waals surface area contributed by atoms with Gasteiger partial charge in [0.05, 0.1) is 11.4 Å². The molecule has 0 spiro atoms. The van der Waals surface area contributed by atoms with Gasteiger partial charge in [-0.15, -0.1) is 0 Å². The van der Waals surface area contributed by atoms with E-state index in [1.165, 1.54) is 43.3 Å². The van der Waals surface area contributed by atoms with E-state index in [2.05, 4.69) is 21.2 Å². The van der Waals surface area contributed by atoms with Gasteiger partial charge in [0.25, 0.3) is 0 Å². The van der Waals surface area contributed by atoms with Crippen molar-refractivity contribution < 1.29 is 18.0 Å². The van der Waals surface area contributed by atoms with Crippen LogP contribution in [-0.2, 0) is 32.6 Å². The number of rotatable bonds is 10. The van der Waals surface area contributed by atoms with Crippen molar-refractivity contribution in [2.45, 2.75) is 23.9 Å². The van der Waals surface area contributed by atoms with Crippen molar-refractivity contribution in [1.29, 1.82) is 0 Å². The molecule has 1 unspecified atom stereocenters. The monoisotopic (exact) mass is 591 g/mol. The van der Waals surface area contributed by atoms with Crippen LogP contribution in [0.5, 0.6) is 0 Å². The van der Waals surface area contributed by atoms with E-state index >= 15 is 0 Å². The molecule has 0 aliphatic heterocycles. The third kappa shape index (κ3) is 7.16. The fraction of sp³-hybridized carbons (Fsp3) is 0.231. The summed E-state index contributed by atoms with van der Waals surface area (Å²) >= 11 is 9.33. The van der Waals surface area contributed by atoms with Crippen LogP contribution in [0.25, 0.3) is 0 Å². The normalized spacial score (nSPS) is 12.2. The first-order valence-corrected chi connectivity index (χ1v) is 13.7. The van der Waals surface area contributed by atoms with E-state index in [1.807, 2.05) is 54.6 Å². The number of hydrogen-bond acceptors (Lipinski definition) is 4. The molecular weight excluding hydrogens is 566 g/mol. The highest BCUT2D eigenvalue weighted by atomic mass is 79.9. The van der Waals surface area contributed by atoms with Gasteiger partial charge in [0, 0.05) is 36.6 Å². The van der Waals surface area contributed by atoms with Crippen LogP contribution in [0.15, 0.2) is 88.2 Å². The second-order valence-corrected chi connectivity index (χ2v) is 11.6. The van der Waals surface area contributed by atoms with Crippen molar-refractivity contribution in [1.82, 2.24) is 14.5 Å². The first-order valence-electron chi connectivity index (χ1n) is 11.1. The molecule has 3 aromatic rings. The van der Waals surface area contributed by atoms with E-state index in [4.69, 9.17) is 11.6 Å². The summed E-state index contributed by atoms with van der Waals surface area (Å²) in [6.45, 7) is -0.320. The van der Waals surface area contributed by atoms with E-state index < -0.39 is 28.5 Å². The number of amides is 2. The molecule has 7 nitrogen and oxygen atoms in total. The number of halogens is 2. The highest BCUT2D eigenvalue weighted by molar-refractivity contribution is 9.10. The van der Waals surface area contributed by atoms with Crippen LogP contribution in [0.4, 0.5) is 0 Å². The molecule has 190 valence electrons. The van der Waals surface area contributed by atoms with Gasteiger partial charge < -0.3 is 10.2 Å². The third-order valence-corrected chi connectivity index (χ3v) is 8.20. The molecule has 0 fully saturated rings. The minimum absolute atomic E-state index is 0.0212. The van der Waals surface area contributed by atoms with E-state index in [9.17, 15) is 18.0 Å². The molecule has 3 rings (SSSR count). The lowest BCUT2D eigenvalue weighted by Crippen LogP contribution is -2.52. The summed E-state index contributed by atoms with van der Waals surface area (Å²) in [4.78, 5) is 28.1. The minimum atomic E-state index is -3.96. The highest BCUT2D eigenvalue weighted by Gasteiger charge is 2.32. The maximum atomic E-state index is 13.6. The van der Waals surface area contributed by atoms with Crippen LogP contribution in [0, 0.1) is 0 Å². The average Bonchev–Trinajstić information content (AvgIpc) is 2.86. The Labute approximate surface area is 225 Å². The first kappa shape index (κ1) is 27.9. The number of nitrogens with zero attached hydrogens (tertiary/aromatic N) is 2. The molecule has 1 N–H and O–H groups in total. The van der Waals surface area contributed by atoms with E-state index in [0.29, 0.717) is 5.02 Å². The Morgan fingerprint density at radius 2 is 1.61 bits per heavy atom. The van der Waals surface area contributed by atoms with Crippen molar-refractivity contribution in [2.24, 2.45) is 0 Å². The Morgan fingerprint density at radius 3 is 2.22 bits per heavy atom. The SMILES string of the molecule is CNC(=O)C(Cc1ccccc1)N(Cc1cccc(Br)c1)C(=O)CN(C)S(=O)(=O)c1ccc(Cl)cc1. The molecule has 2 amide bonds. The molecule has 0 radical (unpaired) electrons. The molecule has 0 aromatic heterocycles. The van der Waals surface area contributed by atoms with Gasteiger partial charge in [0.2, 0.25) is 21.8 Å². The summed E-state index contributed by atoms with van der Waals surface area (Å²) in [7, 11) is -1.10. The number of carbonyl (C=O) groups excluding carboxylic acids is 2. The second-order valence-electron chi connectivity index (χ2n) is 8.19. The van der Waals surface area contributed by atoms with E-state index in [1.54, 1.807) is 0 Å². The van der Waals surface area contributed by atoms with Crippen molar-refractivity contribution in [3.63, 3.8) is 0 Å². The summed E-state index contributed by atoms with van der Waals surface area (Å²) < 4.78 is 28.0. The van der Waals surface area contributed by atoms with Gasteiger partial charge in [-0.2, -0.15) is 4.31 Å². The Hall–Kier alpha value is -2.72. The second kappa shape index (κ2) is 12.5. The van der Waals surface area contributed by atoms with Gasteiger partial charge >= 0.3 is 0 Å². The molecule has 36 heavy (non-hydrogen) atoms. The van der Waals surface area contributed by atoms with Crippen LogP contribution in [0.1, 0.15) is 11.1 Å². The first-order chi connectivity index (χ1) is 17.1. The number of hydrogen-bond donors (Lipinski definition) is 1. The summed E-state index contributed by atoms with van der Waals surface area (Å²) in [6, 6.07) is 21.7. The van der Waals surface area contributed by atoms with Gasteiger partial charge in [-0.3, -0.25) is 9.59 Å². The van der Waals surface area contributed by atoms with Crippen LogP contribution >= 0.6 is 27.5 Å². The zero-order valence-electron chi connectivity index (χ0n) is 19.9. The fourth-order valence-electron chi connectivity index (χ4n) is 3.71. The van der Waals surface area contributed by atoms with Crippen molar-refractivity contribution in [3.05, 3.63) is 99.5 Å². The Balaban J connectivity index is 1.94. The predicted octanol–water partition coefficient (Wildman–Crippen LogP) is 4.11. The summed E-state index contributed by atoms with van der Waals surface area (Å²) in [5.74, 6) is -0.843. The molecule has 0 aliphatic carbocycles. The summed E-state index contributed by atoms with van der Waals surface area (Å²) in [5, 5.41) is 3.05. The van der Waals surface area contributed by atoms with Gasteiger partial charge in [0.15, 0.2) is 0 Å². The zero-order chi connectivity index (χ0) is 26.3. The number of sulfonamides is 1. The Bertz CT molecular complexity index is 1300. The van der Waals surface area contributed by atoms with Crippen molar-refractivity contribution in [3.8, 4) is 0 Å². The summed E-state index contributed by atoms with van der Waals surface area (Å²) in [6.07, 6.45) is 0.272. The van der Waals surface area contributed by atoms with Gasteiger partial charge in [-0.1, -0.05) is 70.0 Å². The Morgan fingerprint density at radius 1 is 0.972 bits per heavy atom. The van der Waals surface area contributed by atoms with E-state index in [-0.39, 0.29) is 23.8 Å². The number of benzene rings is 3. The molecular formula is C26H27BrClN3O4S. The van der Waals surface area contributed by atoms with Gasteiger partial charge in [0.1, 0.15) is 6.04 Å². The predicted molar refractivity (Wildman–Crippen MR) is 144 cm³/mol. The topological polar surface area (TPSA) is 86.8 Å². The molecule has 0 saturated carbocycles. The molecule has 10 heteroatoms. The van der Waals surface area contributed by atoms with Crippen molar-refractivity contribution in [2.75, 3.05) is 20.6 Å². The minimum Gasteiger partial charge on any atom is -0.357 e. The molecule has 0 heterocycles. The quantitative estimate of drug-likeness (QED) is 0.384. The average molecular weight is 593 g/mol. The molecule has 0 bridgehead atoms. The van der Waals surface area contributed by atoms with E-state index in [0.717, 1.165) is 19.9 Å². The Kier molecular flexibility index (Phi) is 9.67. The van der Waals surface area contributed by atoms with Crippen LogP contribution < -0.4 is 5.32 Å².